The third kappa shape index (κ3) is 3.60. The van der Waals surface area contributed by atoms with Crippen LogP contribution in [0.4, 0.5) is 0 Å². The molecule has 140 valence electrons. The van der Waals surface area contributed by atoms with Gasteiger partial charge in [-0.25, -0.2) is 4.98 Å². The SMILES string of the molecule is Cc1ccc(OC2=CCC=C(c3nc4ccc(C(N)=O)cc4[nH]3)C=C2)cc1C. The largest absolute Gasteiger partial charge is 0.458 e. The molecule has 4 rings (SSSR count). The number of primary amides is 1. The fourth-order valence-electron chi connectivity index (χ4n) is 3.07. The molecule has 1 heterocycles. The van der Waals surface area contributed by atoms with Crippen molar-refractivity contribution in [3.63, 3.8) is 0 Å². The minimum absolute atomic E-state index is 0.455. The van der Waals surface area contributed by atoms with E-state index in [2.05, 4.69) is 36.0 Å². The van der Waals surface area contributed by atoms with Crippen molar-refractivity contribution in [2.75, 3.05) is 0 Å². The van der Waals surface area contributed by atoms with Gasteiger partial charge in [0.05, 0.1) is 11.0 Å². The predicted molar refractivity (Wildman–Crippen MR) is 111 cm³/mol. The van der Waals surface area contributed by atoms with E-state index in [0.717, 1.165) is 40.4 Å². The van der Waals surface area contributed by atoms with Gasteiger partial charge < -0.3 is 15.5 Å². The molecule has 0 unspecified atom stereocenters. The predicted octanol–water partition coefficient (Wildman–Crippen LogP) is 4.58. The van der Waals surface area contributed by atoms with Crippen LogP contribution < -0.4 is 10.5 Å². The molecule has 28 heavy (non-hydrogen) atoms. The Morgan fingerprint density at radius 2 is 1.93 bits per heavy atom. The average Bonchev–Trinajstić information content (AvgIpc) is 2.96. The van der Waals surface area contributed by atoms with Crippen LogP contribution in [0.3, 0.4) is 0 Å². The van der Waals surface area contributed by atoms with Crippen molar-refractivity contribution in [1.29, 1.82) is 0 Å². The molecule has 0 aliphatic heterocycles. The third-order valence-electron chi connectivity index (χ3n) is 4.84. The lowest BCUT2D eigenvalue weighted by Crippen LogP contribution is -2.10. The number of hydrogen-bond donors (Lipinski definition) is 2. The highest BCUT2D eigenvalue weighted by molar-refractivity contribution is 5.96. The van der Waals surface area contributed by atoms with Crippen LogP contribution in [0.15, 0.2) is 66.5 Å². The molecule has 3 N–H and O–H groups in total. The molecular weight excluding hydrogens is 350 g/mol. The maximum atomic E-state index is 11.4. The van der Waals surface area contributed by atoms with E-state index in [9.17, 15) is 4.79 Å². The van der Waals surface area contributed by atoms with Crippen LogP contribution in [0.25, 0.3) is 16.6 Å². The van der Waals surface area contributed by atoms with E-state index in [0.29, 0.717) is 5.56 Å². The van der Waals surface area contributed by atoms with Crippen molar-refractivity contribution in [2.45, 2.75) is 20.3 Å². The number of nitrogens with one attached hydrogen (secondary N) is 1. The van der Waals surface area contributed by atoms with E-state index >= 15 is 0 Å². The first kappa shape index (κ1) is 17.8. The molecule has 0 atom stereocenters. The number of nitrogens with zero attached hydrogens (tertiary/aromatic N) is 1. The second-order valence-electron chi connectivity index (χ2n) is 6.86. The summed E-state index contributed by atoms with van der Waals surface area (Å²) in [6.07, 6.45) is 8.77. The Balaban J connectivity index is 1.55. The summed E-state index contributed by atoms with van der Waals surface area (Å²) in [7, 11) is 0. The maximum Gasteiger partial charge on any atom is 0.248 e. The number of carbonyl (C=O) groups is 1. The maximum absolute atomic E-state index is 11.4. The number of amides is 1. The minimum Gasteiger partial charge on any atom is -0.458 e. The molecule has 1 amide bonds. The van der Waals surface area contributed by atoms with E-state index in [1.807, 2.05) is 30.4 Å². The van der Waals surface area contributed by atoms with Crippen LogP contribution in [0.1, 0.15) is 33.7 Å². The highest BCUT2D eigenvalue weighted by Gasteiger charge is 2.10. The van der Waals surface area contributed by atoms with E-state index in [4.69, 9.17) is 10.5 Å². The van der Waals surface area contributed by atoms with Crippen molar-refractivity contribution in [3.8, 4) is 5.75 Å². The lowest BCUT2D eigenvalue weighted by molar-refractivity contribution is 0.100. The molecule has 0 saturated heterocycles. The fraction of sp³-hybridized carbons (Fsp3) is 0.130. The van der Waals surface area contributed by atoms with Gasteiger partial charge >= 0.3 is 0 Å². The number of aromatic nitrogens is 2. The van der Waals surface area contributed by atoms with Gasteiger partial charge in [0.25, 0.3) is 0 Å². The number of hydrogen-bond acceptors (Lipinski definition) is 3. The first-order valence-corrected chi connectivity index (χ1v) is 9.13. The number of H-pyrrole nitrogens is 1. The standard InChI is InChI=1S/C23H21N3O2/c1-14-6-9-19(12-15(14)2)28-18-5-3-4-16(7-10-18)23-25-20-11-8-17(22(24)27)13-21(20)26-23/h4-13H,3H2,1-2H3,(H2,24,27)(H,25,26). The van der Waals surface area contributed by atoms with Gasteiger partial charge in [-0.3, -0.25) is 4.79 Å². The van der Waals surface area contributed by atoms with Crippen LogP contribution in [0.2, 0.25) is 0 Å². The topological polar surface area (TPSA) is 81.0 Å². The normalized spacial score (nSPS) is 13.8. The molecule has 1 aliphatic rings. The lowest BCUT2D eigenvalue weighted by atomic mass is 10.1. The van der Waals surface area contributed by atoms with Crippen LogP contribution in [0.5, 0.6) is 5.75 Å². The molecule has 1 aromatic heterocycles. The van der Waals surface area contributed by atoms with E-state index in [1.54, 1.807) is 18.2 Å². The molecule has 2 aromatic carbocycles. The number of allylic oxidation sites excluding steroid dienone is 5. The van der Waals surface area contributed by atoms with E-state index < -0.39 is 5.91 Å². The number of aromatic amines is 1. The highest BCUT2D eigenvalue weighted by atomic mass is 16.5. The minimum atomic E-state index is -0.455. The van der Waals surface area contributed by atoms with Crippen molar-refractivity contribution >= 4 is 22.5 Å². The molecule has 1 aliphatic carbocycles. The molecule has 3 aromatic rings. The first-order chi connectivity index (χ1) is 13.5. The second kappa shape index (κ2) is 7.19. The highest BCUT2D eigenvalue weighted by Crippen LogP contribution is 2.24. The molecule has 0 fully saturated rings. The monoisotopic (exact) mass is 371 g/mol. The lowest BCUT2D eigenvalue weighted by Gasteiger charge is -2.08. The number of imidazole rings is 1. The summed E-state index contributed by atoms with van der Waals surface area (Å²) in [6, 6.07) is 11.3. The summed E-state index contributed by atoms with van der Waals surface area (Å²) in [6.45, 7) is 4.16. The van der Waals surface area contributed by atoms with Gasteiger partial charge in [-0.1, -0.05) is 12.1 Å². The van der Waals surface area contributed by atoms with Gasteiger partial charge in [0.1, 0.15) is 17.3 Å². The zero-order valence-electron chi connectivity index (χ0n) is 15.8. The van der Waals surface area contributed by atoms with Crippen LogP contribution in [-0.4, -0.2) is 15.9 Å². The summed E-state index contributed by atoms with van der Waals surface area (Å²) in [4.78, 5) is 19.3. The molecular formula is C23H21N3O2. The Morgan fingerprint density at radius 1 is 1.07 bits per heavy atom. The summed E-state index contributed by atoms with van der Waals surface area (Å²) >= 11 is 0. The van der Waals surface area contributed by atoms with E-state index in [1.165, 1.54) is 11.1 Å². The van der Waals surface area contributed by atoms with Crippen molar-refractivity contribution in [3.05, 3.63) is 89.0 Å². The van der Waals surface area contributed by atoms with Crippen molar-refractivity contribution in [1.82, 2.24) is 9.97 Å². The summed E-state index contributed by atoms with van der Waals surface area (Å²) in [5.41, 5.74) is 10.8. The molecule has 5 nitrogen and oxygen atoms in total. The number of ether oxygens (including phenoxy) is 1. The van der Waals surface area contributed by atoms with Crippen LogP contribution in [-0.2, 0) is 0 Å². The summed E-state index contributed by atoms with van der Waals surface area (Å²) < 4.78 is 6.02. The Hall–Kier alpha value is -3.60. The number of carbonyl (C=O) groups excluding carboxylic acids is 1. The summed E-state index contributed by atoms with van der Waals surface area (Å²) in [5, 5.41) is 0. The molecule has 0 radical (unpaired) electrons. The first-order valence-electron chi connectivity index (χ1n) is 9.13. The smallest absolute Gasteiger partial charge is 0.248 e. The zero-order valence-corrected chi connectivity index (χ0v) is 15.8. The van der Waals surface area contributed by atoms with Gasteiger partial charge in [0.15, 0.2) is 0 Å². The van der Waals surface area contributed by atoms with Crippen LogP contribution in [0, 0.1) is 13.8 Å². The van der Waals surface area contributed by atoms with Gasteiger partial charge in [-0.2, -0.15) is 0 Å². The van der Waals surface area contributed by atoms with Crippen molar-refractivity contribution in [2.24, 2.45) is 5.73 Å². The fourth-order valence-corrected chi connectivity index (χ4v) is 3.07. The summed E-state index contributed by atoms with van der Waals surface area (Å²) in [5.74, 6) is 1.91. The number of nitrogens with two attached hydrogens (primary N) is 1. The Labute approximate surface area is 163 Å². The molecule has 0 spiro atoms. The Kier molecular flexibility index (Phi) is 4.57. The van der Waals surface area contributed by atoms with E-state index in [-0.39, 0.29) is 0 Å². The van der Waals surface area contributed by atoms with Crippen molar-refractivity contribution < 1.29 is 9.53 Å². The molecule has 0 bridgehead atoms. The number of benzene rings is 2. The number of aryl methyl sites for hydroxylation is 2. The Bertz CT molecular complexity index is 1170. The van der Waals surface area contributed by atoms with Crippen LogP contribution >= 0.6 is 0 Å². The Morgan fingerprint density at radius 3 is 2.71 bits per heavy atom. The molecule has 0 saturated carbocycles. The van der Waals surface area contributed by atoms with Gasteiger partial charge in [-0.15, -0.1) is 0 Å². The second-order valence-corrected chi connectivity index (χ2v) is 6.86. The number of fused-ring (bicyclic) bond motifs is 1. The quantitative estimate of drug-likeness (QED) is 0.704. The van der Waals surface area contributed by atoms with Gasteiger partial charge in [0.2, 0.25) is 5.91 Å². The molecule has 5 heteroatoms. The van der Waals surface area contributed by atoms with Gasteiger partial charge in [-0.05, 0) is 80.0 Å². The zero-order chi connectivity index (χ0) is 19.7. The number of rotatable bonds is 4. The third-order valence-corrected chi connectivity index (χ3v) is 4.84. The average molecular weight is 371 g/mol. The van der Waals surface area contributed by atoms with Gasteiger partial charge in [0, 0.05) is 11.1 Å².